The van der Waals surface area contributed by atoms with Crippen molar-refractivity contribution in [1.29, 1.82) is 0 Å². The molecule has 5 nitrogen and oxygen atoms in total. The lowest BCUT2D eigenvalue weighted by molar-refractivity contribution is 0.507. The fourth-order valence-electron chi connectivity index (χ4n) is 1.81. The maximum absolute atomic E-state index is 4.60. The highest BCUT2D eigenvalue weighted by Gasteiger charge is 2.04. The molecule has 0 aromatic carbocycles. The topological polar surface area (TPSA) is 54.2 Å². The van der Waals surface area contributed by atoms with Gasteiger partial charge in [0.05, 0.1) is 0 Å². The predicted molar refractivity (Wildman–Crippen MR) is 88.3 cm³/mol. The van der Waals surface area contributed by atoms with E-state index in [4.69, 9.17) is 0 Å². The molecule has 0 saturated carbocycles. The SMILES string of the molecule is CCNC(=NCc1nccn1CC(C)C)NCCSC. The van der Waals surface area contributed by atoms with E-state index >= 15 is 0 Å². The Bertz CT molecular complexity index is 400. The summed E-state index contributed by atoms with van der Waals surface area (Å²) in [5, 5.41) is 6.58. The van der Waals surface area contributed by atoms with Crippen molar-refractivity contribution in [3.63, 3.8) is 0 Å². The predicted octanol–water partition coefficient (Wildman–Crippen LogP) is 1.96. The van der Waals surface area contributed by atoms with Gasteiger partial charge in [-0.1, -0.05) is 13.8 Å². The van der Waals surface area contributed by atoms with Crippen LogP contribution in [0.3, 0.4) is 0 Å². The van der Waals surface area contributed by atoms with Gasteiger partial charge in [0, 0.05) is 37.8 Å². The normalized spacial score (nSPS) is 11.9. The zero-order chi connectivity index (χ0) is 14.8. The largest absolute Gasteiger partial charge is 0.357 e. The number of guanidine groups is 1. The smallest absolute Gasteiger partial charge is 0.191 e. The van der Waals surface area contributed by atoms with Gasteiger partial charge in [-0.15, -0.1) is 0 Å². The molecule has 0 bridgehead atoms. The van der Waals surface area contributed by atoms with Crippen LogP contribution in [0, 0.1) is 5.92 Å². The summed E-state index contributed by atoms with van der Waals surface area (Å²) in [6.07, 6.45) is 5.98. The lowest BCUT2D eigenvalue weighted by atomic mass is 10.2. The van der Waals surface area contributed by atoms with Crippen LogP contribution in [0.2, 0.25) is 0 Å². The quantitative estimate of drug-likeness (QED) is 0.437. The highest BCUT2D eigenvalue weighted by atomic mass is 32.2. The van der Waals surface area contributed by atoms with Gasteiger partial charge in [0.1, 0.15) is 12.4 Å². The first-order valence-electron chi connectivity index (χ1n) is 7.18. The van der Waals surface area contributed by atoms with Crippen LogP contribution in [-0.2, 0) is 13.1 Å². The molecule has 1 aromatic heterocycles. The Morgan fingerprint density at radius 3 is 2.90 bits per heavy atom. The van der Waals surface area contributed by atoms with Crippen molar-refractivity contribution in [3.8, 4) is 0 Å². The van der Waals surface area contributed by atoms with Crippen LogP contribution in [0.25, 0.3) is 0 Å². The number of hydrogen-bond acceptors (Lipinski definition) is 3. The van der Waals surface area contributed by atoms with E-state index in [2.05, 4.69) is 52.2 Å². The number of nitrogens with one attached hydrogen (secondary N) is 2. The fraction of sp³-hybridized carbons (Fsp3) is 0.714. The Labute approximate surface area is 126 Å². The molecule has 2 N–H and O–H groups in total. The molecule has 0 fully saturated rings. The zero-order valence-corrected chi connectivity index (χ0v) is 13.8. The average molecular weight is 297 g/mol. The second-order valence-corrected chi connectivity index (χ2v) is 5.99. The molecule has 20 heavy (non-hydrogen) atoms. The van der Waals surface area contributed by atoms with E-state index in [0.29, 0.717) is 12.5 Å². The summed E-state index contributed by atoms with van der Waals surface area (Å²) in [5.74, 6) is 3.56. The summed E-state index contributed by atoms with van der Waals surface area (Å²) in [6, 6.07) is 0. The molecule has 6 heteroatoms. The first-order valence-corrected chi connectivity index (χ1v) is 8.57. The monoisotopic (exact) mass is 297 g/mol. The van der Waals surface area contributed by atoms with Crippen molar-refractivity contribution < 1.29 is 0 Å². The number of imidazole rings is 1. The molecule has 1 heterocycles. The lowest BCUT2D eigenvalue weighted by Crippen LogP contribution is -2.38. The van der Waals surface area contributed by atoms with Crippen LogP contribution in [0.4, 0.5) is 0 Å². The zero-order valence-electron chi connectivity index (χ0n) is 13.0. The van der Waals surface area contributed by atoms with Crippen molar-refractivity contribution in [2.45, 2.75) is 33.9 Å². The minimum Gasteiger partial charge on any atom is -0.357 e. The molecule has 1 rings (SSSR count). The van der Waals surface area contributed by atoms with Crippen molar-refractivity contribution in [3.05, 3.63) is 18.2 Å². The molecule has 0 aliphatic carbocycles. The number of hydrogen-bond donors (Lipinski definition) is 2. The molecule has 0 spiro atoms. The van der Waals surface area contributed by atoms with E-state index in [-0.39, 0.29) is 0 Å². The van der Waals surface area contributed by atoms with Gasteiger partial charge < -0.3 is 15.2 Å². The highest BCUT2D eigenvalue weighted by molar-refractivity contribution is 7.98. The summed E-state index contributed by atoms with van der Waals surface area (Å²) < 4.78 is 2.18. The van der Waals surface area contributed by atoms with E-state index in [1.54, 1.807) is 0 Å². The van der Waals surface area contributed by atoms with Crippen LogP contribution in [0.15, 0.2) is 17.4 Å². The highest BCUT2D eigenvalue weighted by Crippen LogP contribution is 2.04. The standard InChI is InChI=1S/C14H27N5S/c1-5-15-14(17-7-9-20-4)18-10-13-16-6-8-19(13)11-12(2)3/h6,8,12H,5,7,9-11H2,1-4H3,(H2,15,17,18). The van der Waals surface area contributed by atoms with Crippen molar-refractivity contribution in [1.82, 2.24) is 20.2 Å². The Balaban J connectivity index is 2.59. The fourth-order valence-corrected chi connectivity index (χ4v) is 2.12. The van der Waals surface area contributed by atoms with E-state index in [9.17, 15) is 0 Å². The molecule has 114 valence electrons. The molecule has 1 aromatic rings. The van der Waals surface area contributed by atoms with Crippen LogP contribution >= 0.6 is 11.8 Å². The van der Waals surface area contributed by atoms with Crippen LogP contribution in [0.5, 0.6) is 0 Å². The molecule has 0 radical (unpaired) electrons. The van der Waals surface area contributed by atoms with Crippen molar-refractivity contribution >= 4 is 17.7 Å². The lowest BCUT2D eigenvalue weighted by Gasteiger charge is -2.12. The summed E-state index contributed by atoms with van der Waals surface area (Å²) in [5.41, 5.74) is 0. The Morgan fingerprint density at radius 2 is 2.25 bits per heavy atom. The summed E-state index contributed by atoms with van der Waals surface area (Å²) in [4.78, 5) is 8.99. The first kappa shape index (κ1) is 16.9. The van der Waals surface area contributed by atoms with E-state index < -0.39 is 0 Å². The van der Waals surface area contributed by atoms with Gasteiger partial charge in [-0.3, -0.25) is 0 Å². The number of nitrogens with zero attached hydrogens (tertiary/aromatic N) is 3. The third kappa shape index (κ3) is 6.32. The second-order valence-electron chi connectivity index (χ2n) is 5.00. The van der Waals surface area contributed by atoms with Gasteiger partial charge in [0.2, 0.25) is 0 Å². The molecule has 0 aliphatic rings. The minimum atomic E-state index is 0.605. The van der Waals surface area contributed by atoms with Crippen molar-refractivity contribution in [2.24, 2.45) is 10.9 Å². The average Bonchev–Trinajstić information content (AvgIpc) is 2.82. The molecule has 0 amide bonds. The van der Waals surface area contributed by atoms with Crippen LogP contribution < -0.4 is 10.6 Å². The molecule has 0 unspecified atom stereocenters. The van der Waals surface area contributed by atoms with E-state index in [1.165, 1.54) is 0 Å². The molecule has 0 aliphatic heterocycles. The third-order valence-corrected chi connectivity index (χ3v) is 3.30. The second kappa shape index (κ2) is 9.69. The Hall–Kier alpha value is -1.17. The molecule has 0 saturated heterocycles. The van der Waals surface area contributed by atoms with Gasteiger partial charge in [-0.2, -0.15) is 11.8 Å². The summed E-state index contributed by atoms with van der Waals surface area (Å²) >= 11 is 1.83. The summed E-state index contributed by atoms with van der Waals surface area (Å²) in [7, 11) is 0. The van der Waals surface area contributed by atoms with Gasteiger partial charge in [-0.25, -0.2) is 9.98 Å². The van der Waals surface area contributed by atoms with E-state index in [1.807, 2.05) is 24.2 Å². The minimum absolute atomic E-state index is 0.605. The summed E-state index contributed by atoms with van der Waals surface area (Å²) in [6.45, 7) is 9.88. The van der Waals surface area contributed by atoms with Gasteiger partial charge in [0.15, 0.2) is 5.96 Å². The number of aromatic nitrogens is 2. The van der Waals surface area contributed by atoms with Crippen LogP contribution in [0.1, 0.15) is 26.6 Å². The third-order valence-electron chi connectivity index (χ3n) is 2.68. The van der Waals surface area contributed by atoms with E-state index in [0.717, 1.165) is 37.2 Å². The van der Waals surface area contributed by atoms with Gasteiger partial charge in [0.25, 0.3) is 0 Å². The number of thioether (sulfide) groups is 1. The molecular formula is C14H27N5S. The van der Waals surface area contributed by atoms with Gasteiger partial charge >= 0.3 is 0 Å². The maximum Gasteiger partial charge on any atom is 0.191 e. The Morgan fingerprint density at radius 1 is 1.45 bits per heavy atom. The molecular weight excluding hydrogens is 270 g/mol. The first-order chi connectivity index (χ1) is 9.67. The van der Waals surface area contributed by atoms with Gasteiger partial charge in [-0.05, 0) is 19.1 Å². The van der Waals surface area contributed by atoms with Crippen LogP contribution in [-0.4, -0.2) is 40.6 Å². The number of rotatable bonds is 8. The maximum atomic E-state index is 4.60. The molecule has 0 atom stereocenters. The van der Waals surface area contributed by atoms with Crippen molar-refractivity contribution in [2.75, 3.05) is 25.1 Å². The Kier molecular flexibility index (Phi) is 8.18. The number of aliphatic imine (C=N–C) groups is 1.